The van der Waals surface area contributed by atoms with Crippen molar-refractivity contribution in [3.8, 4) is 35.1 Å². The third kappa shape index (κ3) is 3.66. The van der Waals surface area contributed by atoms with E-state index in [1.165, 1.54) is 12.1 Å². The Kier molecular flexibility index (Phi) is 4.60. The number of rotatable bonds is 4. The summed E-state index contributed by atoms with van der Waals surface area (Å²) in [4.78, 5) is 0. The lowest BCUT2D eigenvalue weighted by atomic mass is 10.1. The van der Waals surface area contributed by atoms with Crippen LogP contribution >= 0.6 is 0 Å². The maximum absolute atomic E-state index is 9.26. The van der Waals surface area contributed by atoms with Crippen LogP contribution in [0.3, 0.4) is 0 Å². The molecule has 3 aromatic carbocycles. The monoisotopic (exact) mass is 342 g/mol. The zero-order chi connectivity index (χ0) is 18.5. The molecular formula is C20H14N4O2. The summed E-state index contributed by atoms with van der Waals surface area (Å²) in [5.74, 6) is 1.66. The standard InChI is InChI=1S/C20H14N4O2/c21-11-13-9-19(25-17-5-1-15(23)2-6-17)20(10-14(13)12-22)26-18-7-3-16(24)4-8-18/h1-10H,23-24H2. The van der Waals surface area contributed by atoms with Gasteiger partial charge in [0.2, 0.25) is 0 Å². The molecule has 0 aromatic heterocycles. The van der Waals surface area contributed by atoms with Crippen molar-refractivity contribution in [1.29, 1.82) is 10.5 Å². The van der Waals surface area contributed by atoms with Crippen molar-refractivity contribution < 1.29 is 9.47 Å². The van der Waals surface area contributed by atoms with Crippen LogP contribution in [0.1, 0.15) is 11.1 Å². The molecule has 6 heteroatoms. The number of nitrogens with two attached hydrogens (primary N) is 2. The molecule has 0 spiro atoms. The molecule has 0 heterocycles. The first-order valence-corrected chi connectivity index (χ1v) is 7.64. The number of nitrogen functional groups attached to an aromatic ring is 2. The number of nitriles is 2. The maximum atomic E-state index is 9.26. The van der Waals surface area contributed by atoms with E-state index >= 15 is 0 Å². The second kappa shape index (κ2) is 7.16. The summed E-state index contributed by atoms with van der Waals surface area (Å²) in [6.07, 6.45) is 0. The fourth-order valence-electron chi connectivity index (χ4n) is 2.23. The van der Waals surface area contributed by atoms with Gasteiger partial charge >= 0.3 is 0 Å². The van der Waals surface area contributed by atoms with E-state index in [1.54, 1.807) is 48.5 Å². The number of hydrogen-bond donors (Lipinski definition) is 2. The molecule has 3 rings (SSSR count). The minimum atomic E-state index is 0.197. The Labute approximate surface area is 150 Å². The van der Waals surface area contributed by atoms with Gasteiger partial charge in [-0.05, 0) is 48.5 Å². The topological polar surface area (TPSA) is 118 Å². The summed E-state index contributed by atoms with van der Waals surface area (Å²) < 4.78 is 11.7. The van der Waals surface area contributed by atoms with Gasteiger partial charge in [-0.25, -0.2) is 0 Å². The Bertz CT molecular complexity index is 929. The van der Waals surface area contributed by atoms with Crippen molar-refractivity contribution in [3.63, 3.8) is 0 Å². The molecule has 0 fully saturated rings. The minimum absolute atomic E-state index is 0.197. The number of benzene rings is 3. The van der Waals surface area contributed by atoms with E-state index in [0.29, 0.717) is 34.4 Å². The normalized spacial score (nSPS) is 9.77. The van der Waals surface area contributed by atoms with Gasteiger partial charge in [-0.1, -0.05) is 0 Å². The number of ether oxygens (including phenoxy) is 2. The van der Waals surface area contributed by atoms with Gasteiger partial charge in [0.05, 0.1) is 11.1 Å². The Morgan fingerprint density at radius 3 is 1.27 bits per heavy atom. The van der Waals surface area contributed by atoms with E-state index in [-0.39, 0.29) is 11.1 Å². The van der Waals surface area contributed by atoms with E-state index in [2.05, 4.69) is 0 Å². The summed E-state index contributed by atoms with van der Waals surface area (Å²) in [5, 5.41) is 18.5. The van der Waals surface area contributed by atoms with Gasteiger partial charge in [0.1, 0.15) is 23.6 Å². The molecule has 0 unspecified atom stereocenters. The Morgan fingerprint density at radius 2 is 0.962 bits per heavy atom. The molecule has 0 aliphatic carbocycles. The van der Waals surface area contributed by atoms with Crippen molar-refractivity contribution in [2.75, 3.05) is 11.5 Å². The van der Waals surface area contributed by atoms with Crippen LogP contribution in [0, 0.1) is 22.7 Å². The lowest BCUT2D eigenvalue weighted by Crippen LogP contribution is -1.95. The van der Waals surface area contributed by atoms with E-state index in [4.69, 9.17) is 20.9 Å². The van der Waals surface area contributed by atoms with E-state index < -0.39 is 0 Å². The average molecular weight is 342 g/mol. The molecule has 0 atom stereocenters. The molecule has 0 saturated carbocycles. The van der Waals surface area contributed by atoms with E-state index in [0.717, 1.165) is 0 Å². The zero-order valence-corrected chi connectivity index (χ0v) is 13.6. The van der Waals surface area contributed by atoms with Crippen LogP contribution < -0.4 is 20.9 Å². The number of hydrogen-bond acceptors (Lipinski definition) is 6. The number of anilines is 2. The Hall–Kier alpha value is -4.16. The Morgan fingerprint density at radius 1 is 0.615 bits per heavy atom. The average Bonchev–Trinajstić information content (AvgIpc) is 2.66. The van der Waals surface area contributed by atoms with Crippen LogP contribution in [0.15, 0.2) is 60.7 Å². The molecule has 0 radical (unpaired) electrons. The van der Waals surface area contributed by atoms with Crippen LogP contribution in [-0.2, 0) is 0 Å². The molecule has 6 nitrogen and oxygen atoms in total. The van der Waals surface area contributed by atoms with Crippen LogP contribution in [0.2, 0.25) is 0 Å². The maximum Gasteiger partial charge on any atom is 0.171 e. The molecule has 0 amide bonds. The Balaban J connectivity index is 2.02. The summed E-state index contributed by atoms with van der Waals surface area (Å²) in [6, 6.07) is 20.5. The van der Waals surface area contributed by atoms with Crippen molar-refractivity contribution in [2.45, 2.75) is 0 Å². The van der Waals surface area contributed by atoms with Crippen LogP contribution in [0.4, 0.5) is 11.4 Å². The highest BCUT2D eigenvalue weighted by Gasteiger charge is 2.14. The highest BCUT2D eigenvalue weighted by atomic mass is 16.5. The van der Waals surface area contributed by atoms with Crippen LogP contribution in [-0.4, -0.2) is 0 Å². The van der Waals surface area contributed by atoms with E-state index in [9.17, 15) is 10.5 Å². The minimum Gasteiger partial charge on any atom is -0.453 e. The van der Waals surface area contributed by atoms with Crippen LogP contribution in [0.25, 0.3) is 0 Å². The first kappa shape index (κ1) is 16.7. The summed E-state index contributed by atoms with van der Waals surface area (Å²) in [7, 11) is 0. The lowest BCUT2D eigenvalue weighted by molar-refractivity contribution is 0.418. The fraction of sp³-hybridized carbons (Fsp3) is 0. The highest BCUT2D eigenvalue weighted by Crippen LogP contribution is 2.37. The molecular weight excluding hydrogens is 328 g/mol. The fourth-order valence-corrected chi connectivity index (χ4v) is 2.23. The largest absolute Gasteiger partial charge is 0.453 e. The summed E-state index contributed by atoms with van der Waals surface area (Å²) >= 11 is 0. The third-order valence-electron chi connectivity index (χ3n) is 3.54. The highest BCUT2D eigenvalue weighted by molar-refractivity contribution is 5.58. The predicted molar refractivity (Wildman–Crippen MR) is 97.7 cm³/mol. The molecule has 4 N–H and O–H groups in total. The molecule has 0 aliphatic heterocycles. The van der Waals surface area contributed by atoms with E-state index in [1.807, 2.05) is 12.1 Å². The first-order chi connectivity index (χ1) is 12.6. The van der Waals surface area contributed by atoms with Crippen molar-refractivity contribution in [2.24, 2.45) is 0 Å². The number of nitrogens with zero attached hydrogens (tertiary/aromatic N) is 2. The van der Waals surface area contributed by atoms with Gasteiger partial charge in [0.15, 0.2) is 11.5 Å². The SMILES string of the molecule is N#Cc1cc(Oc2ccc(N)cc2)c(Oc2ccc(N)cc2)cc1C#N. The van der Waals surface area contributed by atoms with Gasteiger partial charge in [-0.2, -0.15) is 10.5 Å². The molecule has 26 heavy (non-hydrogen) atoms. The van der Waals surface area contributed by atoms with Crippen LogP contribution in [0.5, 0.6) is 23.0 Å². The quantitative estimate of drug-likeness (QED) is 0.687. The molecule has 0 saturated heterocycles. The summed E-state index contributed by atoms with van der Waals surface area (Å²) in [6.45, 7) is 0. The van der Waals surface area contributed by atoms with Crippen molar-refractivity contribution in [1.82, 2.24) is 0 Å². The summed E-state index contributed by atoms with van der Waals surface area (Å²) in [5.41, 5.74) is 13.0. The molecule has 0 aliphatic rings. The molecule has 3 aromatic rings. The van der Waals surface area contributed by atoms with Gasteiger partial charge in [0.25, 0.3) is 0 Å². The first-order valence-electron chi connectivity index (χ1n) is 7.64. The van der Waals surface area contributed by atoms with Gasteiger partial charge in [0, 0.05) is 23.5 Å². The second-order valence-electron chi connectivity index (χ2n) is 5.41. The van der Waals surface area contributed by atoms with Gasteiger partial charge in [-0.15, -0.1) is 0 Å². The molecule has 126 valence electrons. The van der Waals surface area contributed by atoms with Gasteiger partial charge < -0.3 is 20.9 Å². The third-order valence-corrected chi connectivity index (χ3v) is 3.54. The second-order valence-corrected chi connectivity index (χ2v) is 5.41. The van der Waals surface area contributed by atoms with Gasteiger partial charge in [-0.3, -0.25) is 0 Å². The molecule has 0 bridgehead atoms. The smallest absolute Gasteiger partial charge is 0.171 e. The zero-order valence-electron chi connectivity index (χ0n) is 13.6. The predicted octanol–water partition coefficient (Wildman–Crippen LogP) is 4.18. The lowest BCUT2D eigenvalue weighted by Gasteiger charge is -2.14. The van der Waals surface area contributed by atoms with Crippen molar-refractivity contribution in [3.05, 3.63) is 71.8 Å². The van der Waals surface area contributed by atoms with Crippen molar-refractivity contribution >= 4 is 11.4 Å².